The van der Waals surface area contributed by atoms with Gasteiger partial charge < -0.3 is 15.4 Å². The third kappa shape index (κ3) is 4.69. The van der Waals surface area contributed by atoms with Crippen molar-refractivity contribution < 1.29 is 9.53 Å². The number of rotatable bonds is 5. The molecule has 0 radical (unpaired) electrons. The predicted octanol–water partition coefficient (Wildman–Crippen LogP) is 5.10. The summed E-state index contributed by atoms with van der Waals surface area (Å²) < 4.78 is 5.26. The zero-order valence-electron chi connectivity index (χ0n) is 15.0. The van der Waals surface area contributed by atoms with Crippen molar-refractivity contribution in [1.29, 1.82) is 0 Å². The number of esters is 1. The van der Waals surface area contributed by atoms with Gasteiger partial charge in [0.05, 0.1) is 6.61 Å². The number of carbonyl (C=O) groups is 1. The number of carbonyl (C=O) groups excluding carboxylic acids is 1. The maximum absolute atomic E-state index is 12.6. The molecule has 2 aromatic heterocycles. The quantitative estimate of drug-likeness (QED) is 0.461. The molecule has 0 atom stereocenters. The van der Waals surface area contributed by atoms with Crippen LogP contribution in [-0.4, -0.2) is 22.7 Å². The van der Waals surface area contributed by atoms with Crippen LogP contribution in [0.5, 0.6) is 0 Å². The molecule has 0 saturated heterocycles. The first-order valence-corrected chi connectivity index (χ1v) is 9.73. The highest BCUT2D eigenvalue weighted by atomic mass is 32.1. The van der Waals surface area contributed by atoms with Crippen LogP contribution in [0.1, 0.15) is 23.0 Å². The number of nitrogens with zero attached hydrogens (tertiary/aromatic N) is 1. The van der Waals surface area contributed by atoms with E-state index in [1.807, 2.05) is 60.8 Å². The molecule has 7 heteroatoms. The van der Waals surface area contributed by atoms with E-state index in [2.05, 4.69) is 15.6 Å². The van der Waals surface area contributed by atoms with Gasteiger partial charge in [-0.1, -0.05) is 36.4 Å². The van der Waals surface area contributed by atoms with Crippen molar-refractivity contribution in [3.05, 3.63) is 65.2 Å². The van der Waals surface area contributed by atoms with Gasteiger partial charge in [-0.15, -0.1) is 11.3 Å². The Morgan fingerprint density at radius 3 is 2.63 bits per heavy atom. The van der Waals surface area contributed by atoms with Crippen LogP contribution in [0.4, 0.5) is 10.8 Å². The summed E-state index contributed by atoms with van der Waals surface area (Å²) >= 11 is 6.80. The van der Waals surface area contributed by atoms with Crippen molar-refractivity contribution in [3.63, 3.8) is 0 Å². The molecule has 0 fully saturated rings. The number of thiophene rings is 1. The minimum absolute atomic E-state index is 0.304. The van der Waals surface area contributed by atoms with Crippen LogP contribution < -0.4 is 10.6 Å². The van der Waals surface area contributed by atoms with Crippen molar-refractivity contribution in [2.75, 3.05) is 17.2 Å². The van der Waals surface area contributed by atoms with E-state index in [1.165, 1.54) is 11.3 Å². The second-order valence-corrected chi connectivity index (χ2v) is 6.97. The number of nitrogens with one attached hydrogen (secondary N) is 2. The molecule has 0 spiro atoms. The monoisotopic (exact) mass is 397 g/mol. The number of aromatic nitrogens is 1. The maximum atomic E-state index is 12.6. The molecule has 3 aromatic rings. The number of pyridine rings is 1. The zero-order valence-corrected chi connectivity index (χ0v) is 16.6. The molecule has 0 bridgehead atoms. The molecular weight excluding hydrogens is 378 g/mol. The van der Waals surface area contributed by atoms with Gasteiger partial charge in [0, 0.05) is 16.6 Å². The second-order valence-electron chi connectivity index (χ2n) is 5.68. The van der Waals surface area contributed by atoms with Crippen LogP contribution in [0, 0.1) is 6.92 Å². The van der Waals surface area contributed by atoms with E-state index in [-0.39, 0.29) is 5.97 Å². The summed E-state index contributed by atoms with van der Waals surface area (Å²) in [6.45, 7) is 4.00. The number of hydrogen-bond donors (Lipinski definition) is 2. The Hall–Kier alpha value is -2.77. The number of hydrogen-bond acceptors (Lipinski definition) is 5. The van der Waals surface area contributed by atoms with Gasteiger partial charge in [0.1, 0.15) is 16.4 Å². The molecule has 0 saturated carbocycles. The van der Waals surface area contributed by atoms with E-state index >= 15 is 0 Å². The zero-order chi connectivity index (χ0) is 19.2. The fourth-order valence-corrected chi connectivity index (χ4v) is 3.78. The lowest BCUT2D eigenvalue weighted by molar-refractivity contribution is 0.0529. The highest BCUT2D eigenvalue weighted by molar-refractivity contribution is 7.80. The molecule has 1 aromatic carbocycles. The van der Waals surface area contributed by atoms with Crippen LogP contribution in [0.2, 0.25) is 0 Å². The Morgan fingerprint density at radius 1 is 1.15 bits per heavy atom. The molecule has 27 heavy (non-hydrogen) atoms. The summed E-state index contributed by atoms with van der Waals surface area (Å²) in [6.07, 6.45) is 0. The van der Waals surface area contributed by atoms with Crippen LogP contribution >= 0.6 is 23.6 Å². The highest BCUT2D eigenvalue weighted by Gasteiger charge is 2.22. The van der Waals surface area contributed by atoms with Gasteiger partial charge in [0.15, 0.2) is 5.11 Å². The minimum atomic E-state index is -0.378. The summed E-state index contributed by atoms with van der Waals surface area (Å²) in [6, 6.07) is 15.4. The average molecular weight is 398 g/mol. The number of benzene rings is 1. The summed E-state index contributed by atoms with van der Waals surface area (Å²) in [5.74, 6) is 0.265. The van der Waals surface area contributed by atoms with E-state index in [1.54, 1.807) is 6.92 Å². The van der Waals surface area contributed by atoms with Gasteiger partial charge in [-0.05, 0) is 43.8 Å². The molecular formula is C20H19N3O2S2. The second kappa shape index (κ2) is 8.75. The number of ether oxygens (including phenoxy) is 1. The number of anilines is 2. The Bertz CT molecular complexity index is 955. The van der Waals surface area contributed by atoms with Crippen molar-refractivity contribution in [3.8, 4) is 11.1 Å². The molecule has 0 aliphatic rings. The standard InChI is InChI=1S/C20H19N3O2S2/c1-3-25-19(24)17-15(14-9-5-4-6-10-14)12-27-18(17)23-20(26)22-16-11-7-8-13(2)21-16/h4-12H,3H2,1-2H3,(H2,21,22,23,26). The molecule has 0 unspecified atom stereocenters. The lowest BCUT2D eigenvalue weighted by Gasteiger charge is -2.11. The van der Waals surface area contributed by atoms with Gasteiger partial charge >= 0.3 is 5.97 Å². The SMILES string of the molecule is CCOC(=O)c1c(-c2ccccc2)csc1NC(=S)Nc1cccc(C)n1. The fourth-order valence-electron chi connectivity index (χ4n) is 2.55. The predicted molar refractivity (Wildman–Crippen MR) is 115 cm³/mol. The summed E-state index contributed by atoms with van der Waals surface area (Å²) in [5.41, 5.74) is 3.13. The summed E-state index contributed by atoms with van der Waals surface area (Å²) in [4.78, 5) is 16.9. The lowest BCUT2D eigenvalue weighted by Crippen LogP contribution is -2.21. The van der Waals surface area contributed by atoms with Crippen molar-refractivity contribution in [2.24, 2.45) is 0 Å². The normalized spacial score (nSPS) is 10.3. The smallest absolute Gasteiger partial charge is 0.341 e. The summed E-state index contributed by atoms with van der Waals surface area (Å²) in [5, 5.41) is 9.07. The maximum Gasteiger partial charge on any atom is 0.341 e. The first kappa shape index (κ1) is 19.0. The van der Waals surface area contributed by atoms with Gasteiger partial charge in [-0.2, -0.15) is 0 Å². The first-order chi connectivity index (χ1) is 13.1. The molecule has 0 aliphatic carbocycles. The molecule has 138 valence electrons. The molecule has 0 amide bonds. The minimum Gasteiger partial charge on any atom is -0.462 e. The topological polar surface area (TPSA) is 63.2 Å². The Labute approximate surface area is 167 Å². The number of thiocarbonyl (C=S) groups is 1. The molecule has 0 aliphatic heterocycles. The van der Waals surface area contributed by atoms with Crippen molar-refractivity contribution in [2.45, 2.75) is 13.8 Å². The third-order valence-electron chi connectivity index (χ3n) is 3.71. The fraction of sp³-hybridized carbons (Fsp3) is 0.150. The highest BCUT2D eigenvalue weighted by Crippen LogP contribution is 2.36. The molecule has 2 heterocycles. The third-order valence-corrected chi connectivity index (χ3v) is 4.81. The number of aryl methyl sites for hydroxylation is 1. The Kier molecular flexibility index (Phi) is 6.16. The van der Waals surface area contributed by atoms with E-state index in [9.17, 15) is 4.79 Å². The van der Waals surface area contributed by atoms with Gasteiger partial charge in [0.25, 0.3) is 0 Å². The average Bonchev–Trinajstić information content (AvgIpc) is 3.06. The van der Waals surface area contributed by atoms with Crippen LogP contribution in [0.25, 0.3) is 11.1 Å². The van der Waals surface area contributed by atoms with Crippen molar-refractivity contribution >= 4 is 45.5 Å². The Balaban J connectivity index is 1.87. The van der Waals surface area contributed by atoms with Crippen LogP contribution in [0.15, 0.2) is 53.9 Å². The lowest BCUT2D eigenvalue weighted by atomic mass is 10.0. The van der Waals surface area contributed by atoms with E-state index in [4.69, 9.17) is 17.0 Å². The molecule has 3 rings (SSSR count). The molecule has 5 nitrogen and oxygen atoms in total. The van der Waals surface area contributed by atoms with Crippen LogP contribution in [0.3, 0.4) is 0 Å². The Morgan fingerprint density at radius 2 is 1.93 bits per heavy atom. The van der Waals surface area contributed by atoms with Gasteiger partial charge in [-0.3, -0.25) is 0 Å². The van der Waals surface area contributed by atoms with E-state index in [0.717, 1.165) is 16.8 Å². The van der Waals surface area contributed by atoms with E-state index < -0.39 is 0 Å². The van der Waals surface area contributed by atoms with E-state index in [0.29, 0.717) is 28.1 Å². The van der Waals surface area contributed by atoms with Crippen molar-refractivity contribution in [1.82, 2.24) is 4.98 Å². The van der Waals surface area contributed by atoms with Gasteiger partial charge in [0.2, 0.25) is 0 Å². The first-order valence-electron chi connectivity index (χ1n) is 8.44. The molecule has 2 N–H and O–H groups in total. The summed E-state index contributed by atoms with van der Waals surface area (Å²) in [7, 11) is 0. The largest absolute Gasteiger partial charge is 0.462 e. The van der Waals surface area contributed by atoms with Gasteiger partial charge in [-0.25, -0.2) is 9.78 Å². The van der Waals surface area contributed by atoms with Crippen LogP contribution in [-0.2, 0) is 4.74 Å².